The van der Waals surface area contributed by atoms with E-state index >= 15 is 0 Å². The Morgan fingerprint density at radius 3 is 1.94 bits per heavy atom. The van der Waals surface area contributed by atoms with Gasteiger partial charge in [-0.1, -0.05) is 27.7 Å². The molecule has 1 saturated carbocycles. The van der Waals surface area contributed by atoms with Gasteiger partial charge in [0.25, 0.3) is 0 Å². The van der Waals surface area contributed by atoms with E-state index in [-0.39, 0.29) is 16.7 Å². The summed E-state index contributed by atoms with van der Waals surface area (Å²) < 4.78 is 0. The van der Waals surface area contributed by atoms with Gasteiger partial charge in [-0.05, 0) is 39.0 Å². The average molecular weight is 238 g/mol. The van der Waals surface area contributed by atoms with E-state index in [0.717, 1.165) is 32.1 Å². The second-order valence-corrected chi connectivity index (χ2v) is 6.58. The molecule has 0 heterocycles. The molecular weight excluding hydrogens is 212 g/mol. The van der Waals surface area contributed by atoms with Crippen LogP contribution in [-0.2, 0) is 9.59 Å². The van der Waals surface area contributed by atoms with Crippen LogP contribution < -0.4 is 0 Å². The van der Waals surface area contributed by atoms with E-state index in [4.69, 9.17) is 0 Å². The molecule has 0 unspecified atom stereocenters. The molecule has 2 heteroatoms. The maximum Gasteiger partial charge on any atom is 0.141 e. The lowest BCUT2D eigenvalue weighted by Gasteiger charge is -2.38. The summed E-state index contributed by atoms with van der Waals surface area (Å²) in [5.41, 5.74) is -0.373. The van der Waals surface area contributed by atoms with Crippen LogP contribution in [0, 0.1) is 16.7 Å². The fourth-order valence-corrected chi connectivity index (χ4v) is 3.00. The first-order valence-electron chi connectivity index (χ1n) is 6.78. The second-order valence-electron chi connectivity index (χ2n) is 6.58. The van der Waals surface area contributed by atoms with Crippen LogP contribution in [-0.4, -0.2) is 11.6 Å². The first kappa shape index (κ1) is 14.4. The van der Waals surface area contributed by atoms with Gasteiger partial charge in [-0.25, -0.2) is 0 Å². The highest BCUT2D eigenvalue weighted by Gasteiger charge is 2.41. The van der Waals surface area contributed by atoms with E-state index in [1.807, 2.05) is 20.8 Å². The van der Waals surface area contributed by atoms with Crippen molar-refractivity contribution in [2.75, 3.05) is 0 Å². The summed E-state index contributed by atoms with van der Waals surface area (Å²) in [6.07, 6.45) is 4.49. The Labute approximate surface area is 105 Å². The lowest BCUT2D eigenvalue weighted by molar-refractivity contribution is -0.136. The number of carbonyl (C=O) groups excluding carboxylic acids is 2. The summed E-state index contributed by atoms with van der Waals surface area (Å²) in [6, 6.07) is 0. The lowest BCUT2D eigenvalue weighted by atomic mass is 9.64. The zero-order chi connectivity index (χ0) is 13.3. The Hall–Kier alpha value is -0.660. The molecule has 0 aromatic heterocycles. The monoisotopic (exact) mass is 238 g/mol. The molecule has 0 N–H and O–H groups in total. The van der Waals surface area contributed by atoms with Crippen molar-refractivity contribution >= 4 is 11.6 Å². The Balaban J connectivity index is 2.68. The van der Waals surface area contributed by atoms with E-state index in [0.29, 0.717) is 11.6 Å². The summed E-state index contributed by atoms with van der Waals surface area (Å²) in [4.78, 5) is 23.9. The topological polar surface area (TPSA) is 34.1 Å². The maximum atomic E-state index is 12.2. The highest BCUT2D eigenvalue weighted by molar-refractivity contribution is 5.87. The third-order valence-electron chi connectivity index (χ3n) is 4.48. The predicted molar refractivity (Wildman–Crippen MR) is 69.8 cm³/mol. The van der Waals surface area contributed by atoms with Gasteiger partial charge in [-0.15, -0.1) is 0 Å². The number of Topliss-reactive ketones (excluding diaryl/α,β-unsaturated/α-hetero) is 2. The molecule has 0 radical (unpaired) electrons. The minimum Gasteiger partial charge on any atom is -0.299 e. The van der Waals surface area contributed by atoms with Gasteiger partial charge in [-0.2, -0.15) is 0 Å². The highest BCUT2D eigenvalue weighted by Crippen LogP contribution is 2.43. The smallest absolute Gasteiger partial charge is 0.141 e. The number of ketones is 2. The molecular formula is C15H26O2. The summed E-state index contributed by atoms with van der Waals surface area (Å²) in [7, 11) is 0. The Bertz CT molecular complexity index is 301. The zero-order valence-electron chi connectivity index (χ0n) is 11.9. The second kappa shape index (κ2) is 4.91. The quantitative estimate of drug-likeness (QED) is 0.750. The molecule has 2 nitrogen and oxygen atoms in total. The molecule has 0 aromatic carbocycles. The van der Waals surface area contributed by atoms with Gasteiger partial charge in [0.2, 0.25) is 0 Å². The van der Waals surface area contributed by atoms with Gasteiger partial charge >= 0.3 is 0 Å². The molecule has 0 aromatic rings. The van der Waals surface area contributed by atoms with Crippen LogP contribution in [0.5, 0.6) is 0 Å². The largest absolute Gasteiger partial charge is 0.299 e. The van der Waals surface area contributed by atoms with Crippen molar-refractivity contribution < 1.29 is 9.59 Å². The summed E-state index contributed by atoms with van der Waals surface area (Å²) in [6.45, 7) is 9.76. The fourth-order valence-electron chi connectivity index (χ4n) is 3.00. The Morgan fingerprint density at radius 2 is 1.65 bits per heavy atom. The molecule has 0 saturated heterocycles. The molecule has 1 fully saturated rings. The Morgan fingerprint density at radius 1 is 1.18 bits per heavy atom. The van der Waals surface area contributed by atoms with Crippen molar-refractivity contribution in [3.8, 4) is 0 Å². The normalized spacial score (nSPS) is 30.1. The molecule has 17 heavy (non-hydrogen) atoms. The Kier molecular flexibility index (Phi) is 4.16. The van der Waals surface area contributed by atoms with Gasteiger partial charge in [0.05, 0.1) is 0 Å². The number of hydrogen-bond donors (Lipinski definition) is 0. The van der Waals surface area contributed by atoms with Crippen molar-refractivity contribution in [3.05, 3.63) is 0 Å². The number of hydrogen-bond acceptors (Lipinski definition) is 2. The van der Waals surface area contributed by atoms with Crippen LogP contribution in [0.4, 0.5) is 0 Å². The van der Waals surface area contributed by atoms with Crippen LogP contribution in [0.2, 0.25) is 0 Å². The van der Waals surface area contributed by atoms with Crippen LogP contribution >= 0.6 is 0 Å². The summed E-state index contributed by atoms with van der Waals surface area (Å²) >= 11 is 0. The lowest BCUT2D eigenvalue weighted by Crippen LogP contribution is -2.38. The minimum absolute atomic E-state index is 0.130. The third-order valence-corrected chi connectivity index (χ3v) is 4.48. The predicted octanol–water partition coefficient (Wildman–Crippen LogP) is 3.78. The maximum absolute atomic E-state index is 12.2. The summed E-state index contributed by atoms with van der Waals surface area (Å²) in [5, 5.41) is 0. The van der Waals surface area contributed by atoms with E-state index in [2.05, 4.69) is 6.92 Å². The number of rotatable bonds is 3. The van der Waals surface area contributed by atoms with Gasteiger partial charge in [0.15, 0.2) is 0 Å². The molecule has 1 rings (SSSR count). The fraction of sp³-hybridized carbons (Fsp3) is 0.867. The molecule has 0 atom stereocenters. The molecule has 1 aliphatic carbocycles. The van der Waals surface area contributed by atoms with Gasteiger partial charge in [-0.3, -0.25) is 9.59 Å². The van der Waals surface area contributed by atoms with Crippen LogP contribution in [0.3, 0.4) is 0 Å². The van der Waals surface area contributed by atoms with Crippen molar-refractivity contribution in [3.63, 3.8) is 0 Å². The molecule has 0 amide bonds. The van der Waals surface area contributed by atoms with Gasteiger partial charge in [0.1, 0.15) is 11.6 Å². The standard InChI is InChI=1S/C15H26O2/c1-6-15(11(2)16)9-7-12(8-10-15)13(17)14(3,4)5/h12H,6-10H2,1-5H3/t12-,15-. The number of carbonyl (C=O) groups is 2. The average Bonchev–Trinajstić information content (AvgIpc) is 2.26. The highest BCUT2D eigenvalue weighted by atomic mass is 16.1. The zero-order valence-corrected chi connectivity index (χ0v) is 11.9. The van der Waals surface area contributed by atoms with E-state index in [1.165, 1.54) is 0 Å². The summed E-state index contributed by atoms with van der Waals surface area (Å²) in [5.74, 6) is 0.849. The molecule has 0 bridgehead atoms. The third kappa shape index (κ3) is 2.97. The van der Waals surface area contributed by atoms with Crippen molar-refractivity contribution in [1.82, 2.24) is 0 Å². The van der Waals surface area contributed by atoms with Crippen LogP contribution in [0.25, 0.3) is 0 Å². The van der Waals surface area contributed by atoms with E-state index in [1.54, 1.807) is 6.92 Å². The van der Waals surface area contributed by atoms with Crippen molar-refractivity contribution in [2.24, 2.45) is 16.7 Å². The van der Waals surface area contributed by atoms with Crippen molar-refractivity contribution in [1.29, 1.82) is 0 Å². The van der Waals surface area contributed by atoms with Crippen molar-refractivity contribution in [2.45, 2.75) is 66.7 Å². The molecule has 0 spiro atoms. The first-order chi connectivity index (χ1) is 7.73. The molecule has 98 valence electrons. The molecule has 1 aliphatic rings. The SMILES string of the molecule is CC[C@]1(C(C)=O)CC[C@H](C(=O)C(C)(C)C)CC1. The van der Waals surface area contributed by atoms with Crippen LogP contribution in [0.1, 0.15) is 66.7 Å². The first-order valence-corrected chi connectivity index (χ1v) is 6.78. The minimum atomic E-state index is -0.243. The van der Waals surface area contributed by atoms with Crippen LogP contribution in [0.15, 0.2) is 0 Å². The van der Waals surface area contributed by atoms with Gasteiger partial charge < -0.3 is 0 Å². The van der Waals surface area contributed by atoms with E-state index in [9.17, 15) is 9.59 Å². The van der Waals surface area contributed by atoms with Gasteiger partial charge in [0, 0.05) is 16.7 Å². The van der Waals surface area contributed by atoms with E-state index < -0.39 is 0 Å². The molecule has 0 aliphatic heterocycles.